The second kappa shape index (κ2) is 13.4. The quantitative estimate of drug-likeness (QED) is 0.251. The van der Waals surface area contributed by atoms with E-state index in [1.165, 1.54) is 37.2 Å². The Labute approximate surface area is 241 Å². The molecule has 1 aromatic heterocycles. The molecule has 0 radical (unpaired) electrons. The molecule has 0 aliphatic carbocycles. The van der Waals surface area contributed by atoms with E-state index in [4.69, 9.17) is 23.7 Å². The summed E-state index contributed by atoms with van der Waals surface area (Å²) in [6.07, 6.45) is 2.47. The summed E-state index contributed by atoms with van der Waals surface area (Å²) in [5, 5.41) is 0. The van der Waals surface area contributed by atoms with Crippen LogP contribution in [0.3, 0.4) is 0 Å². The monoisotopic (exact) mass is 580 g/mol. The zero-order valence-corrected chi connectivity index (χ0v) is 24.4. The van der Waals surface area contributed by atoms with Gasteiger partial charge in [-0.2, -0.15) is 0 Å². The number of nitrogens with zero attached hydrogens (tertiary/aromatic N) is 2. The topological polar surface area (TPSA) is 115 Å². The molecule has 2 heterocycles. The zero-order chi connectivity index (χ0) is 29.5. The lowest BCUT2D eigenvalue weighted by Gasteiger charge is -2.27. The molecule has 3 aromatic rings. The summed E-state index contributed by atoms with van der Waals surface area (Å²) in [6, 6.07) is 11.2. The lowest BCUT2D eigenvalue weighted by atomic mass is 9.94. The molecular formula is C30H32N2O8S. The van der Waals surface area contributed by atoms with Gasteiger partial charge < -0.3 is 23.7 Å². The first-order valence-corrected chi connectivity index (χ1v) is 13.8. The summed E-state index contributed by atoms with van der Waals surface area (Å²) in [7, 11) is 4.37. The molecule has 1 aliphatic heterocycles. The minimum Gasteiger partial charge on any atom is -0.493 e. The van der Waals surface area contributed by atoms with Gasteiger partial charge >= 0.3 is 11.9 Å². The molecule has 11 heteroatoms. The lowest BCUT2D eigenvalue weighted by molar-refractivity contribution is -0.140. The van der Waals surface area contributed by atoms with Gasteiger partial charge in [0, 0.05) is 12.7 Å². The van der Waals surface area contributed by atoms with E-state index in [9.17, 15) is 14.4 Å². The fourth-order valence-electron chi connectivity index (χ4n) is 4.42. The first-order chi connectivity index (χ1) is 19.8. The smallest absolute Gasteiger partial charge is 0.338 e. The van der Waals surface area contributed by atoms with Gasteiger partial charge in [-0.1, -0.05) is 42.5 Å². The number of rotatable bonds is 11. The van der Waals surface area contributed by atoms with Crippen molar-refractivity contribution in [2.45, 2.75) is 26.3 Å². The van der Waals surface area contributed by atoms with E-state index in [-0.39, 0.29) is 24.3 Å². The fraction of sp³-hybridized carbons (Fsp3) is 0.333. The van der Waals surface area contributed by atoms with Crippen LogP contribution in [0.2, 0.25) is 0 Å². The number of carbonyl (C=O) groups is 2. The molecule has 1 aliphatic rings. The third-order valence-corrected chi connectivity index (χ3v) is 7.35. The van der Waals surface area contributed by atoms with E-state index in [0.29, 0.717) is 49.8 Å². The number of thiazole rings is 1. The number of carbonyl (C=O) groups excluding carboxylic acids is 2. The van der Waals surface area contributed by atoms with Gasteiger partial charge in [-0.15, -0.1) is 0 Å². The van der Waals surface area contributed by atoms with Crippen LogP contribution in [0, 0.1) is 0 Å². The van der Waals surface area contributed by atoms with Crippen molar-refractivity contribution in [3.8, 4) is 11.5 Å². The number of esters is 2. The van der Waals surface area contributed by atoms with Crippen molar-refractivity contribution in [1.82, 2.24) is 4.57 Å². The van der Waals surface area contributed by atoms with Crippen LogP contribution in [0.5, 0.6) is 11.5 Å². The molecule has 0 saturated heterocycles. The van der Waals surface area contributed by atoms with Crippen molar-refractivity contribution in [2.75, 3.05) is 41.2 Å². The standard InChI is InChI=1S/C30H32N2O8S/c1-6-14-39-26-21(8-7-9-22(26)37-4)25-24(29(35)40-16-15-36-3)18(2)31-30-32(25)27(33)23(41-30)17-19-10-12-20(13-11-19)28(34)38-5/h7-13,17,25H,6,14-16H2,1-5H3/b23-17+/t25-/m1/s1. The minimum absolute atomic E-state index is 0.0438. The van der Waals surface area contributed by atoms with Crippen molar-refractivity contribution < 1.29 is 33.3 Å². The summed E-state index contributed by atoms with van der Waals surface area (Å²) >= 11 is 1.20. The van der Waals surface area contributed by atoms with E-state index in [2.05, 4.69) is 4.99 Å². The van der Waals surface area contributed by atoms with Crippen LogP contribution in [0.25, 0.3) is 6.08 Å². The highest BCUT2D eigenvalue weighted by atomic mass is 32.1. The van der Waals surface area contributed by atoms with Crippen LogP contribution in [-0.2, 0) is 19.0 Å². The SMILES string of the molecule is CCCOc1c(OC)cccc1[C@@H]1C(C(=O)OCCOC)=C(C)N=c2s/c(=C/c3ccc(C(=O)OC)cc3)c(=O)n21. The maximum absolute atomic E-state index is 14.0. The number of methoxy groups -OCH3 is 3. The molecule has 0 amide bonds. The largest absolute Gasteiger partial charge is 0.493 e. The third kappa shape index (κ3) is 6.26. The number of fused-ring (bicyclic) bond motifs is 1. The van der Waals surface area contributed by atoms with Crippen molar-refractivity contribution >= 4 is 29.4 Å². The Morgan fingerprint density at radius 1 is 1.02 bits per heavy atom. The molecule has 0 unspecified atom stereocenters. The number of hydrogen-bond acceptors (Lipinski definition) is 10. The average molecular weight is 581 g/mol. The van der Waals surface area contributed by atoms with E-state index in [0.717, 1.165) is 6.42 Å². The van der Waals surface area contributed by atoms with E-state index in [1.54, 1.807) is 49.4 Å². The molecule has 1 atom stereocenters. The molecule has 216 valence electrons. The summed E-state index contributed by atoms with van der Waals surface area (Å²) < 4.78 is 28.9. The number of allylic oxidation sites excluding steroid dienone is 1. The van der Waals surface area contributed by atoms with Crippen LogP contribution in [0.15, 0.2) is 63.5 Å². The molecule has 4 rings (SSSR count). The average Bonchev–Trinajstić information content (AvgIpc) is 3.28. The van der Waals surface area contributed by atoms with Gasteiger partial charge in [0.25, 0.3) is 5.56 Å². The predicted octanol–water partition coefficient (Wildman–Crippen LogP) is 3.01. The Kier molecular flexibility index (Phi) is 9.74. The normalized spacial score (nSPS) is 14.8. The second-order valence-corrected chi connectivity index (χ2v) is 10.1. The lowest BCUT2D eigenvalue weighted by Crippen LogP contribution is -2.40. The highest BCUT2D eigenvalue weighted by Gasteiger charge is 2.36. The summed E-state index contributed by atoms with van der Waals surface area (Å²) in [6.45, 7) is 4.38. The minimum atomic E-state index is -0.882. The Morgan fingerprint density at radius 3 is 2.44 bits per heavy atom. The maximum atomic E-state index is 14.0. The highest BCUT2D eigenvalue weighted by molar-refractivity contribution is 7.07. The number of aromatic nitrogens is 1. The second-order valence-electron chi connectivity index (χ2n) is 9.05. The molecule has 0 saturated carbocycles. The molecule has 0 spiro atoms. The fourth-order valence-corrected chi connectivity index (χ4v) is 5.47. The van der Waals surface area contributed by atoms with Crippen LogP contribution in [0.4, 0.5) is 0 Å². The van der Waals surface area contributed by atoms with Gasteiger partial charge in [-0.05, 0) is 43.2 Å². The van der Waals surface area contributed by atoms with E-state index < -0.39 is 18.0 Å². The molecule has 10 nitrogen and oxygen atoms in total. The molecule has 0 N–H and O–H groups in total. The van der Waals surface area contributed by atoms with Gasteiger partial charge in [0.05, 0.1) is 48.8 Å². The van der Waals surface area contributed by atoms with Crippen LogP contribution < -0.4 is 24.4 Å². The van der Waals surface area contributed by atoms with Crippen LogP contribution in [0.1, 0.15) is 47.8 Å². The number of benzene rings is 2. The van der Waals surface area contributed by atoms with Crippen molar-refractivity contribution in [1.29, 1.82) is 0 Å². The summed E-state index contributed by atoms with van der Waals surface area (Å²) in [4.78, 5) is 44.3. The number of hydrogen-bond donors (Lipinski definition) is 0. The van der Waals surface area contributed by atoms with E-state index in [1.807, 2.05) is 13.0 Å². The summed E-state index contributed by atoms with van der Waals surface area (Å²) in [5.41, 5.74) is 1.99. The van der Waals surface area contributed by atoms with Crippen molar-refractivity contribution in [3.63, 3.8) is 0 Å². The predicted molar refractivity (Wildman–Crippen MR) is 153 cm³/mol. The first kappa shape index (κ1) is 29.8. The van der Waals surface area contributed by atoms with Gasteiger partial charge in [0.1, 0.15) is 12.6 Å². The van der Waals surface area contributed by atoms with Gasteiger partial charge in [0.2, 0.25) is 0 Å². The number of para-hydroxylation sites is 1. The van der Waals surface area contributed by atoms with Crippen LogP contribution in [-0.4, -0.2) is 57.7 Å². The zero-order valence-electron chi connectivity index (χ0n) is 23.6. The Hall–Kier alpha value is -4.22. The first-order valence-electron chi connectivity index (χ1n) is 13.0. The molecule has 0 fully saturated rings. The van der Waals surface area contributed by atoms with Gasteiger partial charge in [-0.3, -0.25) is 9.36 Å². The van der Waals surface area contributed by atoms with E-state index >= 15 is 0 Å². The Balaban J connectivity index is 1.91. The molecule has 41 heavy (non-hydrogen) atoms. The Bertz CT molecular complexity index is 1640. The van der Waals surface area contributed by atoms with Crippen molar-refractivity contribution in [3.05, 3.63) is 90.1 Å². The van der Waals surface area contributed by atoms with Crippen molar-refractivity contribution in [2.24, 2.45) is 4.99 Å². The molecule has 2 aromatic carbocycles. The van der Waals surface area contributed by atoms with Crippen LogP contribution >= 0.6 is 11.3 Å². The molecular weight excluding hydrogens is 548 g/mol. The molecule has 0 bridgehead atoms. The summed E-state index contributed by atoms with van der Waals surface area (Å²) in [5.74, 6) is -0.141. The maximum Gasteiger partial charge on any atom is 0.338 e. The van der Waals surface area contributed by atoms with Gasteiger partial charge in [0.15, 0.2) is 16.3 Å². The number of ether oxygens (including phenoxy) is 5. The Morgan fingerprint density at radius 2 is 1.78 bits per heavy atom. The van der Waals surface area contributed by atoms with Gasteiger partial charge in [-0.25, -0.2) is 14.6 Å². The third-order valence-electron chi connectivity index (χ3n) is 6.37. The highest BCUT2D eigenvalue weighted by Crippen LogP contribution is 2.40.